The van der Waals surface area contributed by atoms with E-state index in [9.17, 15) is 9.59 Å². The lowest BCUT2D eigenvalue weighted by molar-refractivity contribution is -0.117. The Labute approximate surface area is 288 Å². The molecule has 0 spiro atoms. The van der Waals surface area contributed by atoms with E-state index in [1.54, 1.807) is 12.0 Å². The lowest BCUT2D eigenvalue weighted by atomic mass is 9.77. The highest BCUT2D eigenvalue weighted by molar-refractivity contribution is 6.66. The maximum Gasteiger partial charge on any atom is 0.496 e. The van der Waals surface area contributed by atoms with Crippen LogP contribution in [-0.2, 0) is 25.4 Å². The molecule has 1 saturated carbocycles. The number of Topliss-reactive ketones (excluding diaryl/α,β-unsaturated/α-hetero) is 1. The Morgan fingerprint density at radius 1 is 0.979 bits per heavy atom. The molecule has 1 atom stereocenters. The van der Waals surface area contributed by atoms with Crippen LogP contribution in [-0.4, -0.2) is 59.3 Å². The standard InChI is InChI=1S/C36H43BCl2N2O6/c1-34(2,3)45-33(43)41(20-22-15-17-24(42)19-22)21-23-16-18-29(40-32(23)44-8)27-13-9-11-25(30(27)38)26-12-10-14-28(31(26)39)37-46-35(4,5)36(6,7)47-37/h9-14,16,18,22H,15,17,19-21H2,1-8H3/t22-/m1/s1. The molecule has 250 valence electrons. The molecule has 3 aromatic rings. The summed E-state index contributed by atoms with van der Waals surface area (Å²) in [7, 11) is 0.921. The van der Waals surface area contributed by atoms with Crippen LogP contribution in [0.1, 0.15) is 73.3 Å². The van der Waals surface area contributed by atoms with E-state index in [1.165, 1.54) is 0 Å². The predicted molar refractivity (Wildman–Crippen MR) is 186 cm³/mol. The summed E-state index contributed by atoms with van der Waals surface area (Å²) in [6.07, 6.45) is 1.32. The van der Waals surface area contributed by atoms with Crippen molar-refractivity contribution >= 4 is 47.7 Å². The number of carbonyl (C=O) groups is 2. The van der Waals surface area contributed by atoms with Crippen LogP contribution in [0.4, 0.5) is 4.79 Å². The van der Waals surface area contributed by atoms with Gasteiger partial charge in [0.25, 0.3) is 0 Å². The Kier molecular flexibility index (Phi) is 10.1. The second-order valence-electron chi connectivity index (χ2n) is 14.3. The highest BCUT2D eigenvalue weighted by Gasteiger charge is 2.52. The molecule has 11 heteroatoms. The molecule has 1 saturated heterocycles. The summed E-state index contributed by atoms with van der Waals surface area (Å²) in [5, 5.41) is 0.973. The van der Waals surface area contributed by atoms with Crippen LogP contribution in [0.25, 0.3) is 22.4 Å². The monoisotopic (exact) mass is 680 g/mol. The molecule has 2 aromatic carbocycles. The summed E-state index contributed by atoms with van der Waals surface area (Å²) >= 11 is 14.1. The van der Waals surface area contributed by atoms with Crippen molar-refractivity contribution in [3.8, 4) is 28.3 Å². The van der Waals surface area contributed by atoms with E-state index in [0.717, 1.165) is 23.0 Å². The highest BCUT2D eigenvalue weighted by Crippen LogP contribution is 2.41. The Morgan fingerprint density at radius 3 is 2.19 bits per heavy atom. The van der Waals surface area contributed by atoms with Crippen molar-refractivity contribution in [2.45, 2.75) is 91.1 Å². The summed E-state index contributed by atoms with van der Waals surface area (Å²) in [5.74, 6) is 0.675. The van der Waals surface area contributed by atoms with E-state index in [2.05, 4.69) is 0 Å². The first-order chi connectivity index (χ1) is 22.0. The van der Waals surface area contributed by atoms with Crippen LogP contribution in [0.15, 0.2) is 48.5 Å². The Hall–Kier alpha value is -3.11. The number of hydrogen-bond acceptors (Lipinski definition) is 7. The van der Waals surface area contributed by atoms with Gasteiger partial charge in [-0.25, -0.2) is 9.78 Å². The third-order valence-electron chi connectivity index (χ3n) is 9.07. The van der Waals surface area contributed by atoms with Crippen molar-refractivity contribution in [1.29, 1.82) is 0 Å². The number of methoxy groups -OCH3 is 1. The second kappa shape index (κ2) is 13.4. The van der Waals surface area contributed by atoms with E-state index in [-0.39, 0.29) is 18.2 Å². The number of rotatable bonds is 8. The molecule has 0 radical (unpaired) electrons. The van der Waals surface area contributed by atoms with Gasteiger partial charge in [0.05, 0.1) is 35.6 Å². The quantitative estimate of drug-likeness (QED) is 0.222. The van der Waals surface area contributed by atoms with E-state index >= 15 is 0 Å². The first-order valence-electron chi connectivity index (χ1n) is 16.0. The summed E-state index contributed by atoms with van der Waals surface area (Å²) in [4.78, 5) is 31.7. The molecule has 2 heterocycles. The summed E-state index contributed by atoms with van der Waals surface area (Å²) in [6.45, 7) is 14.1. The van der Waals surface area contributed by atoms with Crippen molar-refractivity contribution in [3.05, 3.63) is 64.1 Å². The molecule has 47 heavy (non-hydrogen) atoms. The number of hydrogen-bond donors (Lipinski definition) is 0. The molecule has 0 unspecified atom stereocenters. The maximum absolute atomic E-state index is 13.2. The van der Waals surface area contributed by atoms with Gasteiger partial charge >= 0.3 is 13.2 Å². The molecule has 8 nitrogen and oxygen atoms in total. The van der Waals surface area contributed by atoms with Crippen molar-refractivity contribution in [1.82, 2.24) is 9.88 Å². The van der Waals surface area contributed by atoms with Crippen molar-refractivity contribution in [2.75, 3.05) is 13.7 Å². The van der Waals surface area contributed by atoms with Crippen molar-refractivity contribution in [2.24, 2.45) is 5.92 Å². The Bertz CT molecular complexity index is 1660. The van der Waals surface area contributed by atoms with Crippen LogP contribution in [0.2, 0.25) is 10.0 Å². The molecule has 1 aliphatic carbocycles. The number of ketones is 1. The van der Waals surface area contributed by atoms with Gasteiger partial charge in [-0.05, 0) is 72.9 Å². The normalized spacial score (nSPS) is 18.8. The molecular weight excluding hydrogens is 638 g/mol. The number of aromatic nitrogens is 1. The maximum atomic E-state index is 13.2. The number of pyridine rings is 1. The molecule has 1 amide bonds. The second-order valence-corrected chi connectivity index (χ2v) is 15.1. The van der Waals surface area contributed by atoms with Gasteiger partial charge in [0.1, 0.15) is 11.4 Å². The van der Waals surface area contributed by atoms with Crippen LogP contribution in [0.5, 0.6) is 5.88 Å². The Balaban J connectivity index is 1.44. The zero-order valence-electron chi connectivity index (χ0n) is 28.4. The fraction of sp³-hybridized carbons (Fsp3) is 0.472. The van der Waals surface area contributed by atoms with E-state index in [4.69, 9.17) is 47.0 Å². The average Bonchev–Trinajstić information content (AvgIpc) is 3.49. The molecule has 0 N–H and O–H groups in total. The third kappa shape index (κ3) is 7.64. The van der Waals surface area contributed by atoms with Gasteiger partial charge in [0.15, 0.2) is 0 Å². The Morgan fingerprint density at radius 2 is 1.60 bits per heavy atom. The summed E-state index contributed by atoms with van der Waals surface area (Å²) in [6, 6.07) is 15.2. The summed E-state index contributed by atoms with van der Waals surface area (Å²) in [5.41, 5.74) is 2.52. The van der Waals surface area contributed by atoms with Gasteiger partial charge in [-0.2, -0.15) is 0 Å². The van der Waals surface area contributed by atoms with Crippen LogP contribution >= 0.6 is 23.2 Å². The topological polar surface area (TPSA) is 87.2 Å². The van der Waals surface area contributed by atoms with Crippen molar-refractivity contribution in [3.63, 3.8) is 0 Å². The third-order valence-corrected chi connectivity index (χ3v) is 9.90. The first kappa shape index (κ1) is 35.2. The van der Waals surface area contributed by atoms with Gasteiger partial charge in [-0.3, -0.25) is 4.79 Å². The van der Waals surface area contributed by atoms with Crippen molar-refractivity contribution < 1.29 is 28.4 Å². The van der Waals surface area contributed by atoms with Crippen LogP contribution < -0.4 is 10.2 Å². The molecule has 2 fully saturated rings. The molecule has 2 aliphatic rings. The van der Waals surface area contributed by atoms with E-state index in [0.29, 0.717) is 52.1 Å². The fourth-order valence-corrected chi connectivity index (χ4v) is 6.50. The van der Waals surface area contributed by atoms with E-state index < -0.39 is 30.0 Å². The fourth-order valence-electron chi connectivity index (χ4n) is 5.86. The lowest BCUT2D eigenvalue weighted by Gasteiger charge is -2.32. The molecule has 0 bridgehead atoms. The number of amides is 1. The summed E-state index contributed by atoms with van der Waals surface area (Å²) < 4.78 is 24.0. The minimum Gasteiger partial charge on any atom is -0.481 e. The van der Waals surface area contributed by atoms with Gasteiger partial charge in [0, 0.05) is 52.1 Å². The van der Waals surface area contributed by atoms with Crippen LogP contribution in [0.3, 0.4) is 0 Å². The molecule has 5 rings (SSSR count). The van der Waals surface area contributed by atoms with Crippen LogP contribution in [0, 0.1) is 5.92 Å². The molecule has 1 aliphatic heterocycles. The largest absolute Gasteiger partial charge is 0.496 e. The van der Waals surface area contributed by atoms with Gasteiger partial charge < -0.3 is 23.7 Å². The molecule has 1 aromatic heterocycles. The zero-order chi connectivity index (χ0) is 34.3. The highest BCUT2D eigenvalue weighted by atomic mass is 35.5. The lowest BCUT2D eigenvalue weighted by Crippen LogP contribution is -2.41. The minimum absolute atomic E-state index is 0.0879. The van der Waals surface area contributed by atoms with Gasteiger partial charge in [0.2, 0.25) is 5.88 Å². The number of ether oxygens (including phenoxy) is 2. The first-order valence-corrected chi connectivity index (χ1v) is 16.7. The molecular formula is C36H43BCl2N2O6. The van der Waals surface area contributed by atoms with E-state index in [1.807, 2.05) is 97.0 Å². The average molecular weight is 681 g/mol. The predicted octanol–water partition coefficient (Wildman–Crippen LogP) is 8.14. The van der Waals surface area contributed by atoms with Gasteiger partial charge in [-0.15, -0.1) is 0 Å². The number of halogens is 2. The SMILES string of the molecule is COc1nc(-c2cccc(-c3cccc(B4OC(C)(C)C(C)(C)O4)c3Cl)c2Cl)ccc1CN(C[C@@H]1CCC(=O)C1)C(=O)OC(C)(C)C. The number of benzene rings is 2. The minimum atomic E-state index is -0.665. The number of nitrogens with zero attached hydrogens (tertiary/aromatic N) is 2. The number of carbonyl (C=O) groups excluding carboxylic acids is 2. The smallest absolute Gasteiger partial charge is 0.481 e. The zero-order valence-corrected chi connectivity index (χ0v) is 29.9. The van der Waals surface area contributed by atoms with Gasteiger partial charge in [-0.1, -0.05) is 59.6 Å².